The molecular weight excluding hydrogens is 254 g/mol. The molecule has 3 rings (SSSR count). The molecule has 20 heavy (non-hydrogen) atoms. The second kappa shape index (κ2) is 5.16. The number of carbonyl (C=O) groups excluding carboxylic acids is 1. The van der Waals surface area contributed by atoms with E-state index in [2.05, 4.69) is 15.2 Å². The third kappa shape index (κ3) is 2.44. The van der Waals surface area contributed by atoms with Crippen LogP contribution in [0.4, 0.5) is 0 Å². The summed E-state index contributed by atoms with van der Waals surface area (Å²) in [5, 5.41) is 6.91. The van der Waals surface area contributed by atoms with Gasteiger partial charge in [-0.15, -0.1) is 5.10 Å². The molecule has 0 aromatic carbocycles. The summed E-state index contributed by atoms with van der Waals surface area (Å²) in [6, 6.07) is 0.308. The van der Waals surface area contributed by atoms with Crippen molar-refractivity contribution in [3.05, 3.63) is 11.6 Å². The molecule has 2 heterocycles. The van der Waals surface area contributed by atoms with Crippen LogP contribution >= 0.6 is 0 Å². The molecule has 1 unspecified atom stereocenters. The van der Waals surface area contributed by atoms with E-state index in [1.807, 2.05) is 18.7 Å². The van der Waals surface area contributed by atoms with Gasteiger partial charge in [0.25, 0.3) is 5.91 Å². The van der Waals surface area contributed by atoms with Crippen LogP contribution in [-0.2, 0) is 0 Å². The van der Waals surface area contributed by atoms with Crippen molar-refractivity contribution in [1.82, 2.24) is 20.1 Å². The van der Waals surface area contributed by atoms with Crippen LogP contribution in [0.15, 0.2) is 0 Å². The molecule has 1 saturated carbocycles. The summed E-state index contributed by atoms with van der Waals surface area (Å²) in [5.41, 5.74) is 6.03. The molecule has 0 bridgehead atoms. The first-order chi connectivity index (χ1) is 9.54. The fraction of sp³-hybridized carbons (Fsp3) is 0.786. The first-order valence-electron chi connectivity index (χ1n) is 7.51. The zero-order chi connectivity index (χ0) is 14.3. The number of amides is 1. The van der Waals surface area contributed by atoms with Crippen molar-refractivity contribution >= 4 is 5.91 Å². The molecular formula is C14H23N5O. The Labute approximate surface area is 119 Å². The number of H-pyrrole nitrogens is 1. The number of aromatic amines is 1. The lowest BCUT2D eigenvalue weighted by molar-refractivity contribution is 0.0772. The second-order valence-corrected chi connectivity index (χ2v) is 6.50. The first kappa shape index (κ1) is 13.5. The number of likely N-dealkylation sites (tertiary alicyclic amines) is 1. The van der Waals surface area contributed by atoms with Crippen LogP contribution in [0.25, 0.3) is 0 Å². The topological polar surface area (TPSA) is 87.9 Å². The van der Waals surface area contributed by atoms with Crippen molar-refractivity contribution in [3.63, 3.8) is 0 Å². The van der Waals surface area contributed by atoms with E-state index in [1.165, 1.54) is 0 Å². The zero-order valence-corrected chi connectivity index (χ0v) is 12.2. The van der Waals surface area contributed by atoms with E-state index in [1.54, 1.807) is 0 Å². The summed E-state index contributed by atoms with van der Waals surface area (Å²) in [5.74, 6) is 2.46. The molecule has 1 aromatic rings. The number of carbonyl (C=O) groups is 1. The average molecular weight is 277 g/mol. The Kier molecular flexibility index (Phi) is 3.50. The third-order valence-corrected chi connectivity index (χ3v) is 4.62. The predicted octanol–water partition coefficient (Wildman–Crippen LogP) is 1.13. The highest BCUT2D eigenvalue weighted by Crippen LogP contribution is 2.36. The van der Waals surface area contributed by atoms with Gasteiger partial charge >= 0.3 is 0 Å². The standard InChI is InChI=1S/C14H23N5O/c1-8(2)12-16-13(18-17-12)14(20)19-6-9-3-4-11(15)5-10(9)7-19/h8-11H,3-7,15H2,1-2H3,(H,16,17,18)/t9-,10+,11?/m1/s1. The minimum atomic E-state index is -0.0453. The van der Waals surface area contributed by atoms with Crippen molar-refractivity contribution in [2.75, 3.05) is 13.1 Å². The van der Waals surface area contributed by atoms with Gasteiger partial charge in [0.1, 0.15) is 5.82 Å². The van der Waals surface area contributed by atoms with E-state index in [4.69, 9.17) is 5.73 Å². The summed E-state index contributed by atoms with van der Waals surface area (Å²) >= 11 is 0. The molecule has 0 radical (unpaired) electrons. The smallest absolute Gasteiger partial charge is 0.293 e. The van der Waals surface area contributed by atoms with Crippen LogP contribution in [0.5, 0.6) is 0 Å². The molecule has 0 spiro atoms. The molecule has 3 N–H and O–H groups in total. The fourth-order valence-corrected chi connectivity index (χ4v) is 3.40. The summed E-state index contributed by atoms with van der Waals surface area (Å²) in [7, 11) is 0. The van der Waals surface area contributed by atoms with E-state index in [0.717, 1.165) is 38.2 Å². The normalized spacial score (nSPS) is 29.8. The van der Waals surface area contributed by atoms with Gasteiger partial charge in [-0.2, -0.15) is 0 Å². The van der Waals surface area contributed by atoms with Gasteiger partial charge in [0.05, 0.1) is 0 Å². The maximum Gasteiger partial charge on any atom is 0.293 e. The Morgan fingerprint density at radius 3 is 2.80 bits per heavy atom. The Morgan fingerprint density at radius 1 is 1.35 bits per heavy atom. The quantitative estimate of drug-likeness (QED) is 0.848. The Hall–Kier alpha value is -1.43. The van der Waals surface area contributed by atoms with Crippen molar-refractivity contribution in [2.24, 2.45) is 17.6 Å². The van der Waals surface area contributed by atoms with Gasteiger partial charge in [-0.3, -0.25) is 9.89 Å². The predicted molar refractivity (Wildman–Crippen MR) is 75.2 cm³/mol. The molecule has 3 atom stereocenters. The van der Waals surface area contributed by atoms with E-state index < -0.39 is 0 Å². The summed E-state index contributed by atoms with van der Waals surface area (Å²) in [4.78, 5) is 18.7. The summed E-state index contributed by atoms with van der Waals surface area (Å²) in [6.45, 7) is 5.70. The number of rotatable bonds is 2. The van der Waals surface area contributed by atoms with Gasteiger partial charge < -0.3 is 10.6 Å². The highest BCUT2D eigenvalue weighted by atomic mass is 16.2. The van der Waals surface area contributed by atoms with Crippen LogP contribution in [0.1, 0.15) is 55.5 Å². The van der Waals surface area contributed by atoms with E-state index in [9.17, 15) is 4.79 Å². The Bertz CT molecular complexity index is 498. The lowest BCUT2D eigenvalue weighted by Crippen LogP contribution is -2.32. The SMILES string of the molecule is CC(C)c1nc(C(=O)N2C[C@H]3CCC(N)C[C@H]3C2)n[nH]1. The maximum absolute atomic E-state index is 12.5. The Balaban J connectivity index is 1.69. The van der Waals surface area contributed by atoms with Crippen LogP contribution in [0.3, 0.4) is 0 Å². The van der Waals surface area contributed by atoms with Crippen molar-refractivity contribution < 1.29 is 4.79 Å². The molecule has 1 saturated heterocycles. The van der Waals surface area contributed by atoms with Crippen LogP contribution in [0.2, 0.25) is 0 Å². The van der Waals surface area contributed by atoms with Gasteiger partial charge in [0.15, 0.2) is 0 Å². The second-order valence-electron chi connectivity index (χ2n) is 6.50. The van der Waals surface area contributed by atoms with Crippen molar-refractivity contribution in [2.45, 2.75) is 45.1 Å². The van der Waals surface area contributed by atoms with Crippen molar-refractivity contribution in [1.29, 1.82) is 0 Å². The molecule has 1 amide bonds. The number of hydrogen-bond acceptors (Lipinski definition) is 4. The Morgan fingerprint density at radius 2 is 2.10 bits per heavy atom. The maximum atomic E-state index is 12.5. The summed E-state index contributed by atoms with van der Waals surface area (Å²) in [6.07, 6.45) is 3.27. The van der Waals surface area contributed by atoms with Crippen LogP contribution in [0, 0.1) is 11.8 Å². The van der Waals surface area contributed by atoms with Gasteiger partial charge in [-0.25, -0.2) is 4.98 Å². The van der Waals surface area contributed by atoms with Crippen LogP contribution < -0.4 is 5.73 Å². The first-order valence-corrected chi connectivity index (χ1v) is 7.51. The summed E-state index contributed by atoms with van der Waals surface area (Å²) < 4.78 is 0. The van der Waals surface area contributed by atoms with E-state index >= 15 is 0 Å². The van der Waals surface area contributed by atoms with Crippen LogP contribution in [-0.4, -0.2) is 45.1 Å². The monoisotopic (exact) mass is 277 g/mol. The fourth-order valence-electron chi connectivity index (χ4n) is 3.40. The minimum Gasteiger partial charge on any atom is -0.335 e. The number of aromatic nitrogens is 3. The highest BCUT2D eigenvalue weighted by molar-refractivity contribution is 5.90. The molecule has 1 aliphatic heterocycles. The largest absolute Gasteiger partial charge is 0.335 e. The number of nitrogens with one attached hydrogen (secondary N) is 1. The molecule has 1 aliphatic carbocycles. The van der Waals surface area contributed by atoms with Gasteiger partial charge in [-0.05, 0) is 31.1 Å². The van der Waals surface area contributed by atoms with E-state index in [0.29, 0.717) is 23.7 Å². The molecule has 2 fully saturated rings. The molecule has 1 aromatic heterocycles. The third-order valence-electron chi connectivity index (χ3n) is 4.62. The molecule has 6 heteroatoms. The molecule has 110 valence electrons. The minimum absolute atomic E-state index is 0.0453. The number of nitrogens with two attached hydrogens (primary N) is 1. The molecule has 2 aliphatic rings. The number of nitrogens with zero attached hydrogens (tertiary/aromatic N) is 3. The number of hydrogen-bond donors (Lipinski definition) is 2. The molecule has 6 nitrogen and oxygen atoms in total. The van der Waals surface area contributed by atoms with Gasteiger partial charge in [-0.1, -0.05) is 13.8 Å². The number of fused-ring (bicyclic) bond motifs is 1. The lowest BCUT2D eigenvalue weighted by atomic mass is 9.79. The van der Waals surface area contributed by atoms with Gasteiger partial charge in [0, 0.05) is 25.0 Å². The zero-order valence-electron chi connectivity index (χ0n) is 12.2. The highest BCUT2D eigenvalue weighted by Gasteiger charge is 2.39. The van der Waals surface area contributed by atoms with Gasteiger partial charge in [0.2, 0.25) is 5.82 Å². The average Bonchev–Trinajstić information content (AvgIpc) is 3.03. The lowest BCUT2D eigenvalue weighted by Gasteiger charge is -2.27. The van der Waals surface area contributed by atoms with E-state index in [-0.39, 0.29) is 11.8 Å². The van der Waals surface area contributed by atoms with Crippen molar-refractivity contribution in [3.8, 4) is 0 Å².